The summed E-state index contributed by atoms with van der Waals surface area (Å²) in [5.41, 5.74) is 7.92. The minimum Gasteiger partial charge on any atom is -0.380 e. The van der Waals surface area contributed by atoms with Crippen molar-refractivity contribution in [3.05, 3.63) is 40.8 Å². The minimum absolute atomic E-state index is 0.168. The topological polar surface area (TPSA) is 111 Å². The van der Waals surface area contributed by atoms with Gasteiger partial charge in [0.1, 0.15) is 5.76 Å². The van der Waals surface area contributed by atoms with E-state index in [4.69, 9.17) is 15.0 Å². The second kappa shape index (κ2) is 8.43. The molecule has 8 nitrogen and oxygen atoms in total. The molecule has 1 aromatic carbocycles. The monoisotopic (exact) mass is 386 g/mol. The van der Waals surface area contributed by atoms with E-state index in [-0.39, 0.29) is 12.3 Å². The number of benzene rings is 1. The molecule has 2 amide bonds. The van der Waals surface area contributed by atoms with E-state index in [0.717, 1.165) is 25.1 Å². The standard InChI is InChI=1S/C20H26N4O4/c1-12-6-4-5-9-24(12)17-8-7-14(19(21)25)10-16(17)22-20(26)18-15(11-27-3)13(2)28-23-18/h7-8,10,12H,4-6,9,11H2,1-3H3,(H2,21,25)(H,22,26)/t12-/m0/s1. The zero-order valence-electron chi connectivity index (χ0n) is 16.4. The van der Waals surface area contributed by atoms with E-state index in [0.29, 0.717) is 28.6 Å². The number of piperidine rings is 1. The number of aromatic nitrogens is 1. The molecule has 3 N–H and O–H groups in total. The third-order valence-corrected chi connectivity index (χ3v) is 5.13. The lowest BCUT2D eigenvalue weighted by Gasteiger charge is -2.36. The highest BCUT2D eigenvalue weighted by Gasteiger charge is 2.25. The van der Waals surface area contributed by atoms with Gasteiger partial charge >= 0.3 is 0 Å². The average Bonchev–Trinajstić information content (AvgIpc) is 3.03. The maximum Gasteiger partial charge on any atom is 0.278 e. The first-order valence-corrected chi connectivity index (χ1v) is 9.38. The number of carbonyl (C=O) groups excluding carboxylic acids is 2. The smallest absolute Gasteiger partial charge is 0.278 e. The van der Waals surface area contributed by atoms with E-state index in [1.165, 1.54) is 6.42 Å². The first-order chi connectivity index (χ1) is 13.4. The van der Waals surface area contributed by atoms with E-state index in [1.807, 2.05) is 6.07 Å². The Bertz CT molecular complexity index is 877. The zero-order chi connectivity index (χ0) is 20.3. The van der Waals surface area contributed by atoms with Gasteiger partial charge in [0.25, 0.3) is 5.91 Å². The first kappa shape index (κ1) is 19.9. The van der Waals surface area contributed by atoms with Crippen LogP contribution in [0.1, 0.15) is 58.4 Å². The van der Waals surface area contributed by atoms with Crippen molar-refractivity contribution in [3.8, 4) is 0 Å². The van der Waals surface area contributed by atoms with Crippen molar-refractivity contribution in [3.63, 3.8) is 0 Å². The second-order valence-electron chi connectivity index (χ2n) is 7.09. The number of methoxy groups -OCH3 is 1. The summed E-state index contributed by atoms with van der Waals surface area (Å²) < 4.78 is 10.3. The van der Waals surface area contributed by atoms with Crippen LogP contribution in [0.5, 0.6) is 0 Å². The van der Waals surface area contributed by atoms with Crippen LogP contribution < -0.4 is 16.0 Å². The summed E-state index contributed by atoms with van der Waals surface area (Å²) in [4.78, 5) is 26.8. The van der Waals surface area contributed by atoms with Crippen molar-refractivity contribution < 1.29 is 18.8 Å². The Hall–Kier alpha value is -2.87. The van der Waals surface area contributed by atoms with Crippen LogP contribution in [-0.4, -0.2) is 36.7 Å². The van der Waals surface area contributed by atoms with Crippen molar-refractivity contribution in [2.75, 3.05) is 23.9 Å². The normalized spacial score (nSPS) is 16.8. The molecule has 1 fully saturated rings. The number of nitrogens with two attached hydrogens (primary N) is 1. The minimum atomic E-state index is -0.550. The number of amides is 2. The summed E-state index contributed by atoms with van der Waals surface area (Å²) >= 11 is 0. The summed E-state index contributed by atoms with van der Waals surface area (Å²) in [5, 5.41) is 6.76. The van der Waals surface area contributed by atoms with Gasteiger partial charge in [-0.25, -0.2) is 0 Å². The number of nitrogens with zero attached hydrogens (tertiary/aromatic N) is 2. The summed E-state index contributed by atoms with van der Waals surface area (Å²) in [6, 6.07) is 5.47. The molecule has 1 atom stereocenters. The van der Waals surface area contributed by atoms with Crippen LogP contribution in [0.25, 0.3) is 0 Å². The number of anilines is 2. The van der Waals surface area contributed by atoms with Crippen molar-refractivity contribution in [1.82, 2.24) is 5.16 Å². The predicted octanol–water partition coefficient (Wildman–Crippen LogP) is 2.86. The molecule has 0 bridgehead atoms. The third kappa shape index (κ3) is 4.01. The number of hydrogen-bond donors (Lipinski definition) is 2. The summed E-state index contributed by atoms with van der Waals surface area (Å²) in [5.74, 6) is -0.440. The van der Waals surface area contributed by atoms with Crippen LogP contribution in [0.2, 0.25) is 0 Å². The molecule has 0 spiro atoms. The van der Waals surface area contributed by atoms with Crippen LogP contribution >= 0.6 is 0 Å². The lowest BCUT2D eigenvalue weighted by atomic mass is 10.0. The van der Waals surface area contributed by atoms with Gasteiger partial charge in [-0.3, -0.25) is 9.59 Å². The highest BCUT2D eigenvalue weighted by molar-refractivity contribution is 6.06. The molecule has 0 aliphatic carbocycles. The molecule has 8 heteroatoms. The number of aryl methyl sites for hydroxylation is 1. The van der Waals surface area contributed by atoms with Crippen LogP contribution in [-0.2, 0) is 11.3 Å². The number of primary amides is 1. The van der Waals surface area contributed by atoms with Crippen LogP contribution in [0.4, 0.5) is 11.4 Å². The summed E-state index contributed by atoms with van der Waals surface area (Å²) in [7, 11) is 1.54. The van der Waals surface area contributed by atoms with Gasteiger partial charge in [-0.2, -0.15) is 0 Å². The molecule has 1 saturated heterocycles. The van der Waals surface area contributed by atoms with E-state index in [1.54, 1.807) is 26.2 Å². The van der Waals surface area contributed by atoms with Crippen molar-refractivity contribution in [1.29, 1.82) is 0 Å². The highest BCUT2D eigenvalue weighted by atomic mass is 16.5. The second-order valence-corrected chi connectivity index (χ2v) is 7.09. The zero-order valence-corrected chi connectivity index (χ0v) is 16.4. The summed E-state index contributed by atoms with van der Waals surface area (Å²) in [6.07, 6.45) is 3.33. The Labute approximate surface area is 164 Å². The summed E-state index contributed by atoms with van der Waals surface area (Å²) in [6.45, 7) is 4.99. The molecule has 2 heterocycles. The van der Waals surface area contributed by atoms with Crippen LogP contribution in [0, 0.1) is 6.92 Å². The Morgan fingerprint density at radius 3 is 2.86 bits per heavy atom. The largest absolute Gasteiger partial charge is 0.380 e. The number of carbonyl (C=O) groups is 2. The molecular formula is C20H26N4O4. The van der Waals surface area contributed by atoms with Gasteiger partial charge in [-0.05, 0) is 51.3 Å². The fraction of sp³-hybridized carbons (Fsp3) is 0.450. The van der Waals surface area contributed by atoms with Crippen molar-refractivity contribution >= 4 is 23.2 Å². The maximum atomic E-state index is 12.9. The molecule has 0 radical (unpaired) electrons. The van der Waals surface area contributed by atoms with E-state index in [2.05, 4.69) is 22.3 Å². The lowest BCUT2D eigenvalue weighted by molar-refractivity contribution is 0.0993. The Morgan fingerprint density at radius 1 is 1.39 bits per heavy atom. The van der Waals surface area contributed by atoms with E-state index >= 15 is 0 Å². The maximum absolute atomic E-state index is 12.9. The van der Waals surface area contributed by atoms with Gasteiger partial charge in [0.15, 0.2) is 5.69 Å². The van der Waals surface area contributed by atoms with Crippen molar-refractivity contribution in [2.45, 2.75) is 45.8 Å². The Morgan fingerprint density at radius 2 is 2.18 bits per heavy atom. The van der Waals surface area contributed by atoms with E-state index < -0.39 is 11.8 Å². The molecular weight excluding hydrogens is 360 g/mol. The molecule has 28 heavy (non-hydrogen) atoms. The fourth-order valence-electron chi connectivity index (χ4n) is 3.56. The molecule has 150 valence electrons. The molecule has 0 unspecified atom stereocenters. The van der Waals surface area contributed by atoms with Gasteiger partial charge in [0.05, 0.1) is 23.5 Å². The van der Waals surface area contributed by atoms with Crippen LogP contribution in [0.3, 0.4) is 0 Å². The first-order valence-electron chi connectivity index (χ1n) is 9.38. The molecule has 3 rings (SSSR count). The van der Waals surface area contributed by atoms with Crippen LogP contribution in [0.15, 0.2) is 22.7 Å². The van der Waals surface area contributed by atoms with Gasteiger partial charge in [-0.1, -0.05) is 5.16 Å². The number of rotatable bonds is 6. The molecule has 2 aromatic rings. The lowest BCUT2D eigenvalue weighted by Crippen LogP contribution is -2.38. The third-order valence-electron chi connectivity index (χ3n) is 5.13. The van der Waals surface area contributed by atoms with Crippen molar-refractivity contribution in [2.24, 2.45) is 5.73 Å². The molecule has 0 saturated carbocycles. The SMILES string of the molecule is COCc1c(C(=O)Nc2cc(C(N)=O)ccc2N2CCCC[C@@H]2C)noc1C. The number of hydrogen-bond acceptors (Lipinski definition) is 6. The predicted molar refractivity (Wildman–Crippen MR) is 106 cm³/mol. The Balaban J connectivity index is 1.96. The highest BCUT2D eigenvalue weighted by Crippen LogP contribution is 2.33. The molecule has 1 aliphatic heterocycles. The molecule has 1 aliphatic rings. The van der Waals surface area contributed by atoms with Gasteiger partial charge in [0, 0.05) is 25.3 Å². The van der Waals surface area contributed by atoms with E-state index in [9.17, 15) is 9.59 Å². The average molecular weight is 386 g/mol. The quantitative estimate of drug-likeness (QED) is 0.790. The Kier molecular flexibility index (Phi) is 5.99. The number of ether oxygens (including phenoxy) is 1. The van der Waals surface area contributed by atoms with Gasteiger partial charge < -0.3 is 25.2 Å². The fourth-order valence-corrected chi connectivity index (χ4v) is 3.56. The van der Waals surface area contributed by atoms with Gasteiger partial charge in [0.2, 0.25) is 5.91 Å². The number of nitrogens with one attached hydrogen (secondary N) is 1. The van der Waals surface area contributed by atoms with Gasteiger partial charge in [-0.15, -0.1) is 0 Å². The molecule has 1 aromatic heterocycles.